The predicted octanol–water partition coefficient (Wildman–Crippen LogP) is 3.17. The second kappa shape index (κ2) is 4.97. The molecular formula is C16H21FN2. The highest BCUT2D eigenvalue weighted by molar-refractivity contribution is 5.82. The number of aromatic nitrogens is 1. The topological polar surface area (TPSA) is 17.0 Å². The van der Waals surface area contributed by atoms with E-state index in [2.05, 4.69) is 11.4 Å². The van der Waals surface area contributed by atoms with Gasteiger partial charge in [-0.25, -0.2) is 4.39 Å². The first-order valence-corrected chi connectivity index (χ1v) is 7.11. The van der Waals surface area contributed by atoms with Gasteiger partial charge in [-0.1, -0.05) is 6.07 Å². The third-order valence-corrected chi connectivity index (χ3v) is 4.45. The summed E-state index contributed by atoms with van der Waals surface area (Å²) >= 11 is 0. The molecule has 1 N–H and O–H groups in total. The summed E-state index contributed by atoms with van der Waals surface area (Å²) in [6.45, 7) is 4.16. The molecule has 3 rings (SSSR count). The SMILES string of the molecule is Cc1cc2c(F)c(CC3CCNCC3)ccc2n1C. The molecule has 0 amide bonds. The maximum Gasteiger partial charge on any atom is 0.135 e. The number of nitrogens with one attached hydrogen (secondary N) is 1. The molecule has 0 atom stereocenters. The van der Waals surface area contributed by atoms with Gasteiger partial charge >= 0.3 is 0 Å². The number of nitrogens with zero attached hydrogens (tertiary/aromatic N) is 1. The number of rotatable bonds is 2. The first kappa shape index (κ1) is 12.7. The minimum absolute atomic E-state index is 0.0141. The number of aryl methyl sites for hydroxylation is 2. The van der Waals surface area contributed by atoms with Crippen LogP contribution in [0.3, 0.4) is 0 Å². The Morgan fingerprint density at radius 2 is 2.05 bits per heavy atom. The van der Waals surface area contributed by atoms with Crippen molar-refractivity contribution >= 4 is 10.9 Å². The van der Waals surface area contributed by atoms with E-state index in [1.54, 1.807) is 0 Å². The van der Waals surface area contributed by atoms with Gasteiger partial charge in [-0.05, 0) is 62.9 Å². The summed E-state index contributed by atoms with van der Waals surface area (Å²) in [7, 11) is 1.99. The quantitative estimate of drug-likeness (QED) is 0.877. The van der Waals surface area contributed by atoms with E-state index in [1.165, 1.54) is 0 Å². The summed E-state index contributed by atoms with van der Waals surface area (Å²) in [5, 5.41) is 4.13. The van der Waals surface area contributed by atoms with Crippen LogP contribution in [0.15, 0.2) is 18.2 Å². The summed E-state index contributed by atoms with van der Waals surface area (Å²) in [5.41, 5.74) is 2.97. The number of fused-ring (bicyclic) bond motifs is 1. The van der Waals surface area contributed by atoms with Gasteiger partial charge in [-0.2, -0.15) is 0 Å². The molecule has 1 aromatic heterocycles. The molecule has 1 saturated heterocycles. The van der Waals surface area contributed by atoms with Gasteiger partial charge in [0.15, 0.2) is 0 Å². The summed E-state index contributed by atoms with van der Waals surface area (Å²) in [6.07, 6.45) is 3.19. The molecule has 1 fully saturated rings. The Labute approximate surface area is 113 Å². The molecule has 1 aliphatic rings. The average Bonchev–Trinajstić information content (AvgIpc) is 2.71. The smallest absolute Gasteiger partial charge is 0.135 e. The second-order valence-electron chi connectivity index (χ2n) is 5.71. The normalized spacial score (nSPS) is 17.2. The number of hydrogen-bond acceptors (Lipinski definition) is 1. The van der Waals surface area contributed by atoms with Gasteiger partial charge in [0.2, 0.25) is 0 Å². The first-order chi connectivity index (χ1) is 9.16. The third kappa shape index (κ3) is 2.27. The molecular weight excluding hydrogens is 239 g/mol. The van der Waals surface area contributed by atoms with E-state index in [0.717, 1.165) is 54.5 Å². The second-order valence-corrected chi connectivity index (χ2v) is 5.71. The summed E-state index contributed by atoms with van der Waals surface area (Å²) in [6, 6.07) is 5.98. The van der Waals surface area contributed by atoms with Gasteiger partial charge < -0.3 is 9.88 Å². The molecule has 3 heteroatoms. The van der Waals surface area contributed by atoms with Gasteiger partial charge in [-0.3, -0.25) is 0 Å². The Bertz CT molecular complexity index is 594. The number of halogens is 1. The van der Waals surface area contributed by atoms with Crippen molar-refractivity contribution in [2.75, 3.05) is 13.1 Å². The van der Waals surface area contributed by atoms with Crippen molar-refractivity contribution in [3.8, 4) is 0 Å². The Morgan fingerprint density at radius 1 is 1.32 bits per heavy atom. The maximum absolute atomic E-state index is 14.6. The largest absolute Gasteiger partial charge is 0.348 e. The molecule has 102 valence electrons. The van der Waals surface area contributed by atoms with Crippen LogP contribution in [0.1, 0.15) is 24.1 Å². The van der Waals surface area contributed by atoms with Crippen LogP contribution >= 0.6 is 0 Å². The van der Waals surface area contributed by atoms with Crippen molar-refractivity contribution in [1.29, 1.82) is 0 Å². The van der Waals surface area contributed by atoms with E-state index in [0.29, 0.717) is 5.92 Å². The summed E-state index contributed by atoms with van der Waals surface area (Å²) in [5.74, 6) is 0.609. The minimum Gasteiger partial charge on any atom is -0.348 e. The summed E-state index contributed by atoms with van der Waals surface area (Å²) in [4.78, 5) is 0. The molecule has 1 aromatic carbocycles. The lowest BCUT2D eigenvalue weighted by atomic mass is 9.90. The lowest BCUT2D eigenvalue weighted by Gasteiger charge is -2.22. The highest BCUT2D eigenvalue weighted by atomic mass is 19.1. The van der Waals surface area contributed by atoms with Gasteiger partial charge in [0.1, 0.15) is 5.82 Å². The van der Waals surface area contributed by atoms with Crippen LogP contribution in [0.25, 0.3) is 10.9 Å². The van der Waals surface area contributed by atoms with Crippen molar-refractivity contribution in [3.05, 3.63) is 35.3 Å². The maximum atomic E-state index is 14.6. The first-order valence-electron chi connectivity index (χ1n) is 7.11. The zero-order valence-corrected chi connectivity index (χ0v) is 11.7. The van der Waals surface area contributed by atoms with Crippen molar-refractivity contribution < 1.29 is 4.39 Å². The Kier molecular flexibility index (Phi) is 3.31. The van der Waals surface area contributed by atoms with Crippen LogP contribution in [0.4, 0.5) is 4.39 Å². The molecule has 0 aliphatic carbocycles. The third-order valence-electron chi connectivity index (χ3n) is 4.45. The Morgan fingerprint density at radius 3 is 2.79 bits per heavy atom. The van der Waals surface area contributed by atoms with Crippen LogP contribution in [0.2, 0.25) is 0 Å². The van der Waals surface area contributed by atoms with Crippen LogP contribution in [-0.4, -0.2) is 17.7 Å². The van der Waals surface area contributed by atoms with E-state index in [9.17, 15) is 4.39 Å². The van der Waals surface area contributed by atoms with Gasteiger partial charge in [0.25, 0.3) is 0 Å². The van der Waals surface area contributed by atoms with E-state index in [1.807, 2.05) is 30.7 Å². The van der Waals surface area contributed by atoms with E-state index < -0.39 is 0 Å². The van der Waals surface area contributed by atoms with Crippen LogP contribution in [-0.2, 0) is 13.5 Å². The van der Waals surface area contributed by atoms with E-state index in [4.69, 9.17) is 0 Å². The number of hydrogen-bond donors (Lipinski definition) is 1. The molecule has 2 aromatic rings. The van der Waals surface area contributed by atoms with E-state index in [-0.39, 0.29) is 5.82 Å². The van der Waals surface area contributed by atoms with Gasteiger partial charge in [-0.15, -0.1) is 0 Å². The lowest BCUT2D eigenvalue weighted by Crippen LogP contribution is -2.28. The Balaban J connectivity index is 1.93. The highest BCUT2D eigenvalue weighted by Crippen LogP contribution is 2.27. The Hall–Kier alpha value is -1.35. The minimum atomic E-state index is -0.0141. The zero-order chi connectivity index (χ0) is 13.4. The molecule has 0 spiro atoms. The summed E-state index contributed by atoms with van der Waals surface area (Å²) < 4.78 is 16.6. The van der Waals surface area contributed by atoms with Crippen LogP contribution in [0, 0.1) is 18.7 Å². The van der Waals surface area contributed by atoms with Gasteiger partial charge in [0, 0.05) is 18.1 Å². The zero-order valence-electron chi connectivity index (χ0n) is 11.7. The molecule has 1 aliphatic heterocycles. The number of piperidine rings is 1. The van der Waals surface area contributed by atoms with E-state index >= 15 is 0 Å². The molecule has 2 nitrogen and oxygen atoms in total. The predicted molar refractivity (Wildman–Crippen MR) is 76.9 cm³/mol. The fourth-order valence-electron chi connectivity index (χ4n) is 3.11. The standard InChI is InChI=1S/C16H21FN2/c1-11-9-14-15(19(11)2)4-3-13(16(14)17)10-12-5-7-18-8-6-12/h3-4,9,12,18H,5-8,10H2,1-2H3. The lowest BCUT2D eigenvalue weighted by molar-refractivity contribution is 0.369. The van der Waals surface area contributed by atoms with Crippen molar-refractivity contribution in [1.82, 2.24) is 9.88 Å². The molecule has 0 unspecified atom stereocenters. The van der Waals surface area contributed by atoms with Crippen molar-refractivity contribution in [2.45, 2.75) is 26.2 Å². The van der Waals surface area contributed by atoms with Gasteiger partial charge in [0.05, 0.1) is 5.52 Å². The monoisotopic (exact) mass is 260 g/mol. The molecule has 0 radical (unpaired) electrons. The fraction of sp³-hybridized carbons (Fsp3) is 0.500. The fourth-order valence-corrected chi connectivity index (χ4v) is 3.11. The molecule has 2 heterocycles. The van der Waals surface area contributed by atoms with Crippen molar-refractivity contribution in [2.24, 2.45) is 13.0 Å². The number of benzene rings is 1. The van der Waals surface area contributed by atoms with Crippen molar-refractivity contribution in [3.63, 3.8) is 0 Å². The molecule has 0 bridgehead atoms. The molecule has 0 saturated carbocycles. The van der Waals surface area contributed by atoms with Crippen LogP contribution < -0.4 is 5.32 Å². The average molecular weight is 260 g/mol. The van der Waals surface area contributed by atoms with Crippen LogP contribution in [0.5, 0.6) is 0 Å². The highest BCUT2D eigenvalue weighted by Gasteiger charge is 2.17. The molecule has 19 heavy (non-hydrogen) atoms.